The second-order valence-electron chi connectivity index (χ2n) is 6.64. The lowest BCUT2D eigenvalue weighted by Crippen LogP contribution is -2.55. The normalized spacial score (nSPS) is 21.2. The van der Waals surface area contributed by atoms with Gasteiger partial charge in [0, 0.05) is 12.4 Å². The number of hydrogen-bond acceptors (Lipinski definition) is 3. The van der Waals surface area contributed by atoms with Gasteiger partial charge in [-0.2, -0.15) is 5.10 Å². The van der Waals surface area contributed by atoms with Crippen LogP contribution in [0.2, 0.25) is 0 Å². The zero-order valence-corrected chi connectivity index (χ0v) is 14.7. The Hall–Kier alpha value is -1.92. The van der Waals surface area contributed by atoms with E-state index in [1.165, 1.54) is 6.07 Å². The van der Waals surface area contributed by atoms with Gasteiger partial charge in [-0.05, 0) is 68.1 Å². The minimum Gasteiger partial charge on any atom is -0.347 e. The molecule has 1 amide bonds. The van der Waals surface area contributed by atoms with Crippen molar-refractivity contribution in [3.05, 3.63) is 53.6 Å². The summed E-state index contributed by atoms with van der Waals surface area (Å²) in [5, 5.41) is 10.9. The van der Waals surface area contributed by atoms with Crippen LogP contribution in [-0.2, 0) is 16.8 Å². The molecule has 25 heavy (non-hydrogen) atoms. The molecule has 1 saturated heterocycles. The number of amides is 1. The lowest BCUT2D eigenvalue weighted by Gasteiger charge is -2.37. The van der Waals surface area contributed by atoms with Crippen LogP contribution in [0.1, 0.15) is 36.4 Å². The summed E-state index contributed by atoms with van der Waals surface area (Å²) in [6.45, 7) is 1.58. The summed E-state index contributed by atoms with van der Waals surface area (Å²) < 4.78 is 15.2. The van der Waals surface area contributed by atoms with Gasteiger partial charge in [0.15, 0.2) is 0 Å². The predicted octanol–water partition coefficient (Wildman–Crippen LogP) is 2.33. The molecule has 5 nitrogen and oxygen atoms in total. The molecule has 7 heteroatoms. The van der Waals surface area contributed by atoms with Gasteiger partial charge in [0.25, 0.3) is 0 Å². The second kappa shape index (κ2) is 7.14. The molecule has 4 rings (SSSR count). The van der Waals surface area contributed by atoms with Gasteiger partial charge in [-0.15, -0.1) is 12.4 Å². The van der Waals surface area contributed by atoms with Gasteiger partial charge in [-0.3, -0.25) is 9.48 Å². The van der Waals surface area contributed by atoms with Gasteiger partial charge >= 0.3 is 0 Å². The SMILES string of the molecule is Cl.O=C(NC1CCc2cc(F)ccc21)C1(n2cccn2)CCNCC1. The minimum atomic E-state index is -0.641. The Morgan fingerprint density at radius 3 is 2.88 bits per heavy atom. The second-order valence-corrected chi connectivity index (χ2v) is 6.64. The van der Waals surface area contributed by atoms with E-state index in [1.807, 2.05) is 12.3 Å². The summed E-state index contributed by atoms with van der Waals surface area (Å²) in [5.41, 5.74) is 1.39. The van der Waals surface area contributed by atoms with Crippen LogP contribution >= 0.6 is 12.4 Å². The third kappa shape index (κ3) is 3.16. The van der Waals surface area contributed by atoms with Gasteiger partial charge in [0.05, 0.1) is 6.04 Å². The molecule has 1 aromatic carbocycles. The van der Waals surface area contributed by atoms with Crippen molar-refractivity contribution < 1.29 is 9.18 Å². The predicted molar refractivity (Wildman–Crippen MR) is 95.2 cm³/mol. The van der Waals surface area contributed by atoms with Crippen molar-refractivity contribution in [2.75, 3.05) is 13.1 Å². The number of hydrogen-bond donors (Lipinski definition) is 2. The van der Waals surface area contributed by atoms with Crippen LogP contribution in [0.4, 0.5) is 4.39 Å². The van der Waals surface area contributed by atoms with Crippen molar-refractivity contribution in [3.63, 3.8) is 0 Å². The smallest absolute Gasteiger partial charge is 0.248 e. The largest absolute Gasteiger partial charge is 0.347 e. The van der Waals surface area contributed by atoms with Crippen LogP contribution in [0, 0.1) is 5.82 Å². The van der Waals surface area contributed by atoms with Gasteiger partial charge < -0.3 is 10.6 Å². The summed E-state index contributed by atoms with van der Waals surface area (Å²) in [6.07, 6.45) is 6.62. The van der Waals surface area contributed by atoms with E-state index in [-0.39, 0.29) is 30.2 Å². The summed E-state index contributed by atoms with van der Waals surface area (Å²) in [6, 6.07) is 6.65. The van der Waals surface area contributed by atoms with Gasteiger partial charge in [0.2, 0.25) is 5.91 Å². The first kappa shape index (κ1) is 17.9. The molecule has 134 valence electrons. The number of aryl methyl sites for hydroxylation is 1. The number of aromatic nitrogens is 2. The zero-order chi connectivity index (χ0) is 16.6. The van der Waals surface area contributed by atoms with Crippen molar-refractivity contribution in [3.8, 4) is 0 Å². The fraction of sp³-hybridized carbons (Fsp3) is 0.444. The van der Waals surface area contributed by atoms with Crippen LogP contribution in [0.15, 0.2) is 36.7 Å². The van der Waals surface area contributed by atoms with E-state index in [0.717, 1.165) is 37.1 Å². The highest BCUT2D eigenvalue weighted by molar-refractivity contribution is 5.85. The van der Waals surface area contributed by atoms with Crippen LogP contribution in [0.25, 0.3) is 0 Å². The monoisotopic (exact) mass is 364 g/mol. The summed E-state index contributed by atoms with van der Waals surface area (Å²) in [4.78, 5) is 13.2. The number of halogens is 2. The highest BCUT2D eigenvalue weighted by Crippen LogP contribution is 2.34. The number of carbonyl (C=O) groups excluding carboxylic acids is 1. The van der Waals surface area contributed by atoms with E-state index in [0.29, 0.717) is 12.8 Å². The third-order valence-corrected chi connectivity index (χ3v) is 5.28. The van der Waals surface area contributed by atoms with Crippen LogP contribution in [0.5, 0.6) is 0 Å². The Morgan fingerprint density at radius 1 is 1.36 bits per heavy atom. The quantitative estimate of drug-likeness (QED) is 0.878. The molecule has 2 aliphatic rings. The molecule has 1 aliphatic heterocycles. The molecular weight excluding hydrogens is 343 g/mol. The van der Waals surface area contributed by atoms with E-state index in [4.69, 9.17) is 0 Å². The lowest BCUT2D eigenvalue weighted by atomic mass is 9.87. The maximum absolute atomic E-state index is 13.4. The molecule has 1 aromatic heterocycles. The number of rotatable bonds is 3. The number of carbonyl (C=O) groups is 1. The number of nitrogens with zero attached hydrogens (tertiary/aromatic N) is 2. The lowest BCUT2D eigenvalue weighted by molar-refractivity contribution is -0.132. The molecule has 1 fully saturated rings. The van der Waals surface area contributed by atoms with E-state index in [2.05, 4.69) is 15.7 Å². The Kier molecular flexibility index (Phi) is 5.11. The Bertz CT molecular complexity index is 744. The van der Waals surface area contributed by atoms with Crippen LogP contribution in [0.3, 0.4) is 0 Å². The van der Waals surface area contributed by atoms with Crippen LogP contribution in [-0.4, -0.2) is 28.8 Å². The third-order valence-electron chi connectivity index (χ3n) is 5.28. The molecular formula is C18H22ClFN4O. The molecule has 2 aromatic rings. The fourth-order valence-electron chi connectivity index (χ4n) is 3.95. The maximum atomic E-state index is 13.4. The van der Waals surface area contributed by atoms with Gasteiger partial charge in [0.1, 0.15) is 11.4 Å². The number of fused-ring (bicyclic) bond motifs is 1. The van der Waals surface area contributed by atoms with E-state index in [1.54, 1.807) is 23.0 Å². The average molecular weight is 365 g/mol. The first-order valence-electron chi connectivity index (χ1n) is 8.49. The number of piperidine rings is 1. The molecule has 2 heterocycles. The first-order chi connectivity index (χ1) is 11.7. The molecule has 1 unspecified atom stereocenters. The molecule has 0 radical (unpaired) electrons. The van der Waals surface area contributed by atoms with E-state index < -0.39 is 5.54 Å². The Balaban J connectivity index is 0.00000182. The molecule has 2 N–H and O–H groups in total. The van der Waals surface area contributed by atoms with Crippen molar-refractivity contribution in [1.82, 2.24) is 20.4 Å². The fourth-order valence-corrected chi connectivity index (χ4v) is 3.95. The van der Waals surface area contributed by atoms with Crippen molar-refractivity contribution >= 4 is 18.3 Å². The number of nitrogens with one attached hydrogen (secondary N) is 2. The number of benzene rings is 1. The summed E-state index contributed by atoms with van der Waals surface area (Å²) in [7, 11) is 0. The maximum Gasteiger partial charge on any atom is 0.248 e. The van der Waals surface area contributed by atoms with Crippen molar-refractivity contribution in [2.45, 2.75) is 37.3 Å². The van der Waals surface area contributed by atoms with Crippen LogP contribution < -0.4 is 10.6 Å². The minimum absolute atomic E-state index is 0. The van der Waals surface area contributed by atoms with Gasteiger partial charge in [-0.1, -0.05) is 6.07 Å². The topological polar surface area (TPSA) is 59.0 Å². The zero-order valence-electron chi connectivity index (χ0n) is 13.9. The highest BCUT2D eigenvalue weighted by Gasteiger charge is 2.43. The van der Waals surface area contributed by atoms with E-state index >= 15 is 0 Å². The first-order valence-corrected chi connectivity index (χ1v) is 8.49. The van der Waals surface area contributed by atoms with Gasteiger partial charge in [-0.25, -0.2) is 4.39 Å². The van der Waals surface area contributed by atoms with E-state index in [9.17, 15) is 9.18 Å². The standard InChI is InChI=1S/C18H21FN4O.ClH/c19-14-3-4-15-13(12-14)2-5-16(15)22-17(24)18(6-9-20-10-7-18)23-11-1-8-21-23;/h1,3-4,8,11-12,16,20H,2,5-7,9-10H2,(H,22,24);1H. The summed E-state index contributed by atoms with van der Waals surface area (Å²) in [5.74, 6) is -0.207. The molecule has 0 bridgehead atoms. The average Bonchev–Trinajstić information content (AvgIpc) is 3.26. The molecule has 1 atom stereocenters. The van der Waals surface area contributed by atoms with Crippen molar-refractivity contribution in [1.29, 1.82) is 0 Å². The molecule has 1 aliphatic carbocycles. The Labute approximate surface area is 152 Å². The highest BCUT2D eigenvalue weighted by atomic mass is 35.5. The van der Waals surface area contributed by atoms with Crippen molar-refractivity contribution in [2.24, 2.45) is 0 Å². The summed E-state index contributed by atoms with van der Waals surface area (Å²) >= 11 is 0. The molecule has 0 spiro atoms. The molecule has 0 saturated carbocycles. The Morgan fingerprint density at radius 2 is 2.16 bits per heavy atom.